The van der Waals surface area contributed by atoms with Crippen LogP contribution in [0.25, 0.3) is 0 Å². The van der Waals surface area contributed by atoms with Crippen LogP contribution in [0.4, 0.5) is 24.5 Å². The quantitative estimate of drug-likeness (QED) is 0.332. The molecule has 5 nitrogen and oxygen atoms in total. The van der Waals surface area contributed by atoms with Gasteiger partial charge in [0, 0.05) is 16.9 Å². The van der Waals surface area contributed by atoms with E-state index in [-0.39, 0.29) is 17.6 Å². The van der Waals surface area contributed by atoms with Crippen molar-refractivity contribution in [3.8, 4) is 5.75 Å². The second-order valence-electron chi connectivity index (χ2n) is 8.28. The molecular formula is C27H25F3N2O3S. The lowest BCUT2D eigenvalue weighted by molar-refractivity contribution is -0.137. The molecule has 0 bridgehead atoms. The molecule has 1 atom stereocenters. The largest absolute Gasteiger partial charge is 0.494 e. The lowest BCUT2D eigenvalue weighted by Gasteiger charge is -2.25. The number of hydrogen-bond donors (Lipinski definition) is 1. The molecule has 1 unspecified atom stereocenters. The highest BCUT2D eigenvalue weighted by Crippen LogP contribution is 2.43. The molecule has 1 aliphatic rings. The number of carbonyl (C=O) groups is 2. The van der Waals surface area contributed by atoms with Gasteiger partial charge in [-0.05, 0) is 72.6 Å². The maximum Gasteiger partial charge on any atom is 0.416 e. The summed E-state index contributed by atoms with van der Waals surface area (Å²) >= 11 is 1.38. The molecule has 1 heterocycles. The van der Waals surface area contributed by atoms with Crippen molar-refractivity contribution in [1.29, 1.82) is 0 Å². The fourth-order valence-corrected chi connectivity index (χ4v) is 4.94. The first-order chi connectivity index (χ1) is 17.3. The van der Waals surface area contributed by atoms with Gasteiger partial charge in [-0.3, -0.25) is 14.5 Å². The van der Waals surface area contributed by atoms with E-state index in [1.54, 1.807) is 42.5 Å². The number of ether oxygens (including phenoxy) is 1. The van der Waals surface area contributed by atoms with Gasteiger partial charge < -0.3 is 10.1 Å². The maximum atomic E-state index is 12.9. The number of carbonyl (C=O) groups excluding carboxylic acids is 2. The number of unbranched alkanes of at least 4 members (excludes halogenated alkanes) is 1. The number of nitrogens with one attached hydrogen (secondary N) is 1. The number of thioether (sulfide) groups is 1. The summed E-state index contributed by atoms with van der Waals surface area (Å²) in [6.45, 7) is 2.71. The van der Waals surface area contributed by atoms with Crippen molar-refractivity contribution in [3.63, 3.8) is 0 Å². The molecule has 0 spiro atoms. The van der Waals surface area contributed by atoms with E-state index in [1.165, 1.54) is 28.8 Å². The van der Waals surface area contributed by atoms with Crippen LogP contribution >= 0.6 is 11.8 Å². The summed E-state index contributed by atoms with van der Waals surface area (Å²) in [6.07, 6.45) is -2.45. The van der Waals surface area contributed by atoms with E-state index in [0.717, 1.165) is 30.5 Å². The molecule has 3 aromatic rings. The van der Waals surface area contributed by atoms with E-state index < -0.39 is 17.1 Å². The second-order valence-corrected chi connectivity index (χ2v) is 9.35. The van der Waals surface area contributed by atoms with E-state index in [2.05, 4.69) is 12.2 Å². The number of rotatable bonds is 8. The van der Waals surface area contributed by atoms with Crippen LogP contribution < -0.4 is 15.0 Å². The molecule has 1 fully saturated rings. The van der Waals surface area contributed by atoms with Crippen LogP contribution in [0.15, 0.2) is 72.8 Å². The highest BCUT2D eigenvalue weighted by atomic mass is 32.2. The first-order valence-corrected chi connectivity index (χ1v) is 12.6. The Bertz CT molecular complexity index is 1210. The molecule has 188 valence electrons. The highest BCUT2D eigenvalue weighted by molar-refractivity contribution is 8.00. The molecule has 36 heavy (non-hydrogen) atoms. The third kappa shape index (κ3) is 6.02. The smallest absolute Gasteiger partial charge is 0.416 e. The second kappa shape index (κ2) is 11.1. The zero-order chi connectivity index (χ0) is 25.7. The van der Waals surface area contributed by atoms with Gasteiger partial charge in [-0.15, -0.1) is 11.8 Å². The Morgan fingerprint density at radius 1 is 1.08 bits per heavy atom. The van der Waals surface area contributed by atoms with Gasteiger partial charge in [0.25, 0.3) is 5.91 Å². The summed E-state index contributed by atoms with van der Waals surface area (Å²) in [5, 5.41) is 2.44. The van der Waals surface area contributed by atoms with Crippen molar-refractivity contribution in [1.82, 2.24) is 0 Å². The average Bonchev–Trinajstić information content (AvgIpc) is 3.25. The summed E-state index contributed by atoms with van der Waals surface area (Å²) in [5.74, 6) is 0.422. The fourth-order valence-electron chi connectivity index (χ4n) is 3.77. The monoisotopic (exact) mass is 514 g/mol. The Balaban J connectivity index is 1.47. The summed E-state index contributed by atoms with van der Waals surface area (Å²) in [5.41, 5.74) is 1.39. The SMILES string of the molecule is CCCCOc1ccc(C(=O)Nc2cccc(C3SCC(=O)N3c3ccc(C(F)(F)F)cc3)c2)cc1. The molecule has 0 aliphatic carbocycles. The third-order valence-corrected chi connectivity index (χ3v) is 6.87. The van der Waals surface area contributed by atoms with Crippen LogP contribution in [0.5, 0.6) is 5.75 Å². The normalized spacial score (nSPS) is 15.7. The molecule has 3 aromatic carbocycles. The number of halogens is 3. The summed E-state index contributed by atoms with van der Waals surface area (Å²) in [4.78, 5) is 26.8. The topological polar surface area (TPSA) is 58.6 Å². The molecule has 1 saturated heterocycles. The van der Waals surface area contributed by atoms with Crippen molar-refractivity contribution >= 4 is 35.0 Å². The predicted molar refractivity (Wildman–Crippen MR) is 135 cm³/mol. The minimum absolute atomic E-state index is 0.194. The number of benzene rings is 3. The first kappa shape index (κ1) is 25.6. The summed E-state index contributed by atoms with van der Waals surface area (Å²) in [7, 11) is 0. The van der Waals surface area contributed by atoms with Crippen molar-refractivity contribution < 1.29 is 27.5 Å². The Labute approximate surface area is 211 Å². The van der Waals surface area contributed by atoms with Crippen LogP contribution in [0.3, 0.4) is 0 Å². The Morgan fingerprint density at radius 2 is 1.81 bits per heavy atom. The molecular weight excluding hydrogens is 489 g/mol. The highest BCUT2D eigenvalue weighted by Gasteiger charge is 2.35. The molecule has 9 heteroatoms. The van der Waals surface area contributed by atoms with E-state index in [9.17, 15) is 22.8 Å². The Morgan fingerprint density at radius 3 is 2.47 bits per heavy atom. The minimum Gasteiger partial charge on any atom is -0.494 e. The van der Waals surface area contributed by atoms with Crippen LogP contribution in [0.2, 0.25) is 0 Å². The molecule has 0 saturated carbocycles. The number of nitrogens with zero attached hydrogens (tertiary/aromatic N) is 1. The molecule has 0 radical (unpaired) electrons. The lowest BCUT2D eigenvalue weighted by Crippen LogP contribution is -2.28. The zero-order valence-electron chi connectivity index (χ0n) is 19.5. The van der Waals surface area contributed by atoms with Crippen molar-refractivity contribution in [3.05, 3.63) is 89.5 Å². The Kier molecular flexibility index (Phi) is 7.88. The van der Waals surface area contributed by atoms with Gasteiger partial charge in [0.2, 0.25) is 5.91 Å². The van der Waals surface area contributed by atoms with Gasteiger partial charge in [0.05, 0.1) is 17.9 Å². The van der Waals surface area contributed by atoms with Crippen LogP contribution in [-0.2, 0) is 11.0 Å². The van der Waals surface area contributed by atoms with Gasteiger partial charge in [-0.2, -0.15) is 13.2 Å². The maximum absolute atomic E-state index is 12.9. The fraction of sp³-hybridized carbons (Fsp3) is 0.259. The van der Waals surface area contributed by atoms with Crippen molar-refractivity contribution in [2.45, 2.75) is 31.3 Å². The number of amides is 2. The zero-order valence-corrected chi connectivity index (χ0v) is 20.4. The minimum atomic E-state index is -4.45. The number of alkyl halides is 3. The number of hydrogen-bond acceptors (Lipinski definition) is 4. The van der Waals surface area contributed by atoms with Crippen LogP contribution in [0.1, 0.15) is 46.6 Å². The molecule has 1 N–H and O–H groups in total. The van der Waals surface area contributed by atoms with Gasteiger partial charge in [0.15, 0.2) is 0 Å². The van der Waals surface area contributed by atoms with Crippen LogP contribution in [-0.4, -0.2) is 24.2 Å². The van der Waals surface area contributed by atoms with Crippen molar-refractivity contribution in [2.75, 3.05) is 22.6 Å². The van der Waals surface area contributed by atoms with E-state index in [4.69, 9.17) is 4.74 Å². The van der Waals surface area contributed by atoms with Gasteiger partial charge in [-0.25, -0.2) is 0 Å². The van der Waals surface area contributed by atoms with Gasteiger partial charge in [-0.1, -0.05) is 25.5 Å². The van der Waals surface area contributed by atoms with Gasteiger partial charge in [0.1, 0.15) is 11.1 Å². The van der Waals surface area contributed by atoms with Crippen molar-refractivity contribution in [2.24, 2.45) is 0 Å². The Hall–Kier alpha value is -3.46. The van der Waals surface area contributed by atoms with E-state index in [1.807, 2.05) is 6.07 Å². The molecule has 0 aromatic heterocycles. The summed E-state index contributed by atoms with van der Waals surface area (Å²) in [6, 6.07) is 18.6. The van der Waals surface area contributed by atoms with Crippen LogP contribution in [0, 0.1) is 0 Å². The first-order valence-electron chi connectivity index (χ1n) is 11.5. The lowest BCUT2D eigenvalue weighted by atomic mass is 10.1. The van der Waals surface area contributed by atoms with Gasteiger partial charge >= 0.3 is 6.18 Å². The summed E-state index contributed by atoms with van der Waals surface area (Å²) < 4.78 is 44.5. The van der Waals surface area contributed by atoms with E-state index >= 15 is 0 Å². The molecule has 1 aliphatic heterocycles. The number of anilines is 2. The average molecular weight is 515 g/mol. The third-order valence-electron chi connectivity index (χ3n) is 5.65. The van der Waals surface area contributed by atoms with E-state index in [0.29, 0.717) is 29.3 Å². The predicted octanol–water partition coefficient (Wildman–Crippen LogP) is 6.92. The molecule has 2 amide bonds. The molecule has 4 rings (SSSR count). The standard InChI is InChI=1S/C27H25F3N2O3S/c1-2-3-15-35-23-13-7-18(8-14-23)25(34)31-21-6-4-5-19(16-21)26-32(24(33)17-36-26)22-11-9-20(10-12-22)27(28,29)30/h4-14,16,26H,2-3,15,17H2,1H3,(H,31,34).